The number of fused-ring (bicyclic) bond motifs is 1. The maximum absolute atomic E-state index is 14.1. The number of anilines is 1. The Morgan fingerprint density at radius 1 is 1.00 bits per heavy atom. The molecule has 0 aliphatic carbocycles. The minimum absolute atomic E-state index is 0.139. The summed E-state index contributed by atoms with van der Waals surface area (Å²) in [6.45, 7) is 1.90. The Morgan fingerprint density at radius 2 is 1.77 bits per heavy atom. The van der Waals surface area contributed by atoms with E-state index in [-0.39, 0.29) is 23.6 Å². The summed E-state index contributed by atoms with van der Waals surface area (Å²) in [6, 6.07) is 27.2. The van der Waals surface area contributed by atoms with Crippen LogP contribution < -0.4 is 29.7 Å². The van der Waals surface area contributed by atoms with E-state index in [1.807, 2.05) is 18.2 Å². The fourth-order valence-corrected chi connectivity index (χ4v) is 6.46. The van der Waals surface area contributed by atoms with Crippen molar-refractivity contribution in [3.63, 3.8) is 0 Å². The number of benzene rings is 4. The molecular formula is C36H28ClN3O6S. The number of halogens is 1. The number of rotatable bonds is 9. The zero-order chi connectivity index (χ0) is 33.1. The summed E-state index contributed by atoms with van der Waals surface area (Å²) in [5.74, 6) is -0.475. The number of nitrogens with one attached hydrogen (secondary N) is 1. The molecule has 1 atom stereocenters. The van der Waals surface area contributed by atoms with Gasteiger partial charge < -0.3 is 19.9 Å². The molecule has 9 nitrogen and oxygen atoms in total. The smallest absolute Gasteiger partial charge is 0.335 e. The average Bonchev–Trinajstić information content (AvgIpc) is 3.37. The van der Waals surface area contributed by atoms with Crippen molar-refractivity contribution in [3.05, 3.63) is 155 Å². The van der Waals surface area contributed by atoms with Crippen LogP contribution in [0.5, 0.6) is 11.5 Å². The van der Waals surface area contributed by atoms with E-state index in [9.17, 15) is 19.5 Å². The fraction of sp³-hybridized carbons (Fsp3) is 0.111. The van der Waals surface area contributed by atoms with E-state index < -0.39 is 12.0 Å². The lowest BCUT2D eigenvalue weighted by molar-refractivity contribution is -0.113. The summed E-state index contributed by atoms with van der Waals surface area (Å²) in [6.07, 6.45) is 1.74. The third kappa shape index (κ3) is 6.74. The van der Waals surface area contributed by atoms with Crippen molar-refractivity contribution in [3.8, 4) is 11.5 Å². The molecule has 236 valence electrons. The number of nitrogens with zero attached hydrogens (tertiary/aromatic N) is 2. The predicted molar refractivity (Wildman–Crippen MR) is 181 cm³/mol. The molecule has 4 aromatic carbocycles. The monoisotopic (exact) mass is 665 g/mol. The largest absolute Gasteiger partial charge is 0.493 e. The van der Waals surface area contributed by atoms with E-state index >= 15 is 0 Å². The summed E-state index contributed by atoms with van der Waals surface area (Å²) in [4.78, 5) is 44.3. The number of amides is 1. The lowest BCUT2D eigenvalue weighted by atomic mass is 9.95. The van der Waals surface area contributed by atoms with Crippen LogP contribution in [-0.2, 0) is 11.4 Å². The van der Waals surface area contributed by atoms with Crippen LogP contribution in [0, 0.1) is 0 Å². The van der Waals surface area contributed by atoms with Gasteiger partial charge in [-0.15, -0.1) is 0 Å². The van der Waals surface area contributed by atoms with E-state index in [4.69, 9.17) is 26.1 Å². The highest BCUT2D eigenvalue weighted by molar-refractivity contribution is 7.07. The standard InChI is InChI=1S/C36H28ClN3O6S/c1-21-31(33(41)39-27-9-4-3-5-10-27)32(24-12-14-26(37)15-13-24)40-34(42)30(47-36(40)38-21)19-22-11-16-28(29(18-22)45-2)46-20-23-7-6-8-25(17-23)35(43)44/h3-19,32H,20H2,1-2H3,(H,39,41)(H,43,44)/b30-19-/t32-/m0/s1. The van der Waals surface area contributed by atoms with E-state index in [0.717, 1.165) is 0 Å². The number of hydrogen-bond donors (Lipinski definition) is 2. The maximum Gasteiger partial charge on any atom is 0.335 e. The molecule has 0 radical (unpaired) electrons. The van der Waals surface area contributed by atoms with Crippen LogP contribution in [0.1, 0.15) is 40.0 Å². The second kappa shape index (κ2) is 13.5. The van der Waals surface area contributed by atoms with E-state index in [1.165, 1.54) is 24.5 Å². The van der Waals surface area contributed by atoms with Gasteiger partial charge in [-0.05, 0) is 78.2 Å². The highest BCUT2D eigenvalue weighted by Gasteiger charge is 2.32. The van der Waals surface area contributed by atoms with E-state index in [1.54, 1.807) is 90.4 Å². The van der Waals surface area contributed by atoms with Crippen LogP contribution in [0.2, 0.25) is 5.02 Å². The molecule has 0 fully saturated rings. The summed E-state index contributed by atoms with van der Waals surface area (Å²) in [7, 11) is 1.52. The zero-order valence-corrected chi connectivity index (χ0v) is 26.8. The Bertz CT molecular complexity index is 2210. The number of carbonyl (C=O) groups excluding carboxylic acids is 1. The number of thiazole rings is 1. The van der Waals surface area contributed by atoms with Crippen LogP contribution in [0.25, 0.3) is 6.08 Å². The Morgan fingerprint density at radius 3 is 2.49 bits per heavy atom. The van der Waals surface area contributed by atoms with Gasteiger partial charge in [0, 0.05) is 10.7 Å². The quantitative estimate of drug-likeness (QED) is 0.205. The lowest BCUT2D eigenvalue weighted by Crippen LogP contribution is -2.40. The second-order valence-corrected chi connectivity index (χ2v) is 12.1. The molecule has 0 saturated heterocycles. The highest BCUT2D eigenvalue weighted by atomic mass is 35.5. The van der Waals surface area contributed by atoms with Crippen LogP contribution in [0.4, 0.5) is 5.69 Å². The Labute approximate surface area is 278 Å². The number of carbonyl (C=O) groups is 2. The van der Waals surface area contributed by atoms with E-state index in [2.05, 4.69) is 5.32 Å². The molecule has 1 amide bonds. The highest BCUT2D eigenvalue weighted by Crippen LogP contribution is 2.32. The number of para-hydroxylation sites is 1. The number of carboxylic acids is 1. The fourth-order valence-electron chi connectivity index (χ4n) is 5.29. The third-order valence-corrected chi connectivity index (χ3v) is 8.77. The second-order valence-electron chi connectivity index (χ2n) is 10.7. The van der Waals surface area contributed by atoms with Crippen molar-refractivity contribution < 1.29 is 24.2 Å². The zero-order valence-electron chi connectivity index (χ0n) is 25.3. The average molecular weight is 666 g/mol. The van der Waals surface area contributed by atoms with Gasteiger partial charge in [-0.3, -0.25) is 14.2 Å². The first-order valence-corrected chi connectivity index (χ1v) is 15.7. The molecule has 2 heterocycles. The van der Waals surface area contributed by atoms with Crippen molar-refractivity contribution in [1.82, 2.24) is 4.57 Å². The third-order valence-electron chi connectivity index (χ3n) is 7.54. The topological polar surface area (TPSA) is 119 Å². The number of hydrogen-bond acceptors (Lipinski definition) is 7. The number of allylic oxidation sites excluding steroid dienone is 1. The van der Waals surface area contributed by atoms with Crippen LogP contribution in [-0.4, -0.2) is 28.7 Å². The first-order valence-electron chi connectivity index (χ1n) is 14.5. The van der Waals surface area contributed by atoms with Crippen molar-refractivity contribution in [2.75, 3.05) is 12.4 Å². The first kappa shape index (κ1) is 31.5. The molecule has 0 spiro atoms. The van der Waals surface area contributed by atoms with Gasteiger partial charge in [0.25, 0.3) is 11.5 Å². The maximum atomic E-state index is 14.1. The number of aromatic carboxylic acids is 1. The minimum Gasteiger partial charge on any atom is -0.493 e. The van der Waals surface area contributed by atoms with Gasteiger partial charge >= 0.3 is 5.97 Å². The van der Waals surface area contributed by atoms with Gasteiger partial charge in [-0.1, -0.05) is 71.5 Å². The Balaban J connectivity index is 1.35. The van der Waals surface area contributed by atoms with Gasteiger partial charge in [0.1, 0.15) is 6.61 Å². The Hall–Kier alpha value is -5.45. The predicted octanol–water partition coefficient (Wildman–Crippen LogP) is 5.81. The molecule has 1 aromatic heterocycles. The van der Waals surface area contributed by atoms with Crippen molar-refractivity contribution >= 4 is 46.6 Å². The van der Waals surface area contributed by atoms with Gasteiger partial charge in [0.15, 0.2) is 16.3 Å². The molecule has 5 aromatic rings. The van der Waals surface area contributed by atoms with Gasteiger partial charge in [-0.2, -0.15) is 0 Å². The molecule has 1 aliphatic rings. The summed E-state index contributed by atoms with van der Waals surface area (Å²) >= 11 is 7.42. The molecule has 11 heteroatoms. The molecule has 2 N–H and O–H groups in total. The molecule has 0 bridgehead atoms. The SMILES string of the molecule is COc1cc(/C=c2\sc3n(c2=O)[C@@H](c2ccc(Cl)cc2)C(C(=O)Nc2ccccc2)=C(C)N=3)ccc1OCc1cccc(C(=O)O)c1. The number of methoxy groups -OCH3 is 1. The molecule has 0 saturated carbocycles. The number of ether oxygens (including phenoxy) is 2. The number of carboxylic acid groups (broad SMARTS) is 1. The Kier molecular flexibility index (Phi) is 9.05. The molecule has 6 rings (SSSR count). The normalized spacial score (nSPS) is 14.3. The van der Waals surface area contributed by atoms with Crippen LogP contribution >= 0.6 is 22.9 Å². The van der Waals surface area contributed by atoms with Gasteiger partial charge in [0.05, 0.1) is 34.5 Å². The molecule has 0 unspecified atom stereocenters. The molecule has 1 aliphatic heterocycles. The number of aromatic nitrogens is 1. The summed E-state index contributed by atoms with van der Waals surface area (Å²) in [5.41, 5.74) is 3.45. The van der Waals surface area contributed by atoms with Crippen LogP contribution in [0.15, 0.2) is 118 Å². The lowest BCUT2D eigenvalue weighted by Gasteiger charge is -2.25. The van der Waals surface area contributed by atoms with Crippen LogP contribution in [0.3, 0.4) is 0 Å². The van der Waals surface area contributed by atoms with Crippen molar-refractivity contribution in [1.29, 1.82) is 0 Å². The van der Waals surface area contributed by atoms with Crippen molar-refractivity contribution in [2.45, 2.75) is 19.6 Å². The molecule has 47 heavy (non-hydrogen) atoms. The first-order chi connectivity index (χ1) is 22.7. The minimum atomic E-state index is -1.01. The van der Waals surface area contributed by atoms with Gasteiger partial charge in [-0.25, -0.2) is 9.79 Å². The summed E-state index contributed by atoms with van der Waals surface area (Å²) < 4.78 is 13.5. The molecular weight excluding hydrogens is 638 g/mol. The summed E-state index contributed by atoms with van der Waals surface area (Å²) in [5, 5.41) is 12.7. The van der Waals surface area contributed by atoms with Crippen molar-refractivity contribution in [2.24, 2.45) is 4.99 Å². The van der Waals surface area contributed by atoms with Gasteiger partial charge in [0.2, 0.25) is 0 Å². The van der Waals surface area contributed by atoms with E-state index in [0.29, 0.717) is 59.5 Å².